The smallest absolute Gasteiger partial charge is 0.354 e. The number of aryl methyl sites for hydroxylation is 1. The molecule has 0 unspecified atom stereocenters. The van der Waals surface area contributed by atoms with E-state index in [0.29, 0.717) is 34.3 Å². The van der Waals surface area contributed by atoms with Crippen LogP contribution in [-0.4, -0.2) is 37.1 Å². The Morgan fingerprint density at radius 1 is 1.04 bits per heavy atom. The van der Waals surface area contributed by atoms with Crippen molar-refractivity contribution in [3.63, 3.8) is 0 Å². The molecule has 0 amide bonds. The summed E-state index contributed by atoms with van der Waals surface area (Å²) in [7, 11) is 0. The molecule has 0 saturated carbocycles. The number of rotatable bonds is 11. The molecule has 0 spiro atoms. The monoisotopic (exact) mass is 665 g/mol. The highest BCUT2D eigenvalue weighted by atomic mass is 35.5. The summed E-state index contributed by atoms with van der Waals surface area (Å²) in [6.07, 6.45) is 9.01. The Hall–Kier alpha value is -4.47. The van der Waals surface area contributed by atoms with Gasteiger partial charge in [0.1, 0.15) is 5.65 Å². The lowest BCUT2D eigenvalue weighted by Gasteiger charge is -2.31. The molecule has 1 fully saturated rings. The quantitative estimate of drug-likeness (QED) is 0.111. The third kappa shape index (κ3) is 7.03. The molecule has 3 aromatic heterocycles. The molecule has 1 aliphatic rings. The van der Waals surface area contributed by atoms with Crippen molar-refractivity contribution >= 4 is 39.6 Å². The SMILES string of the molecule is CC(C)CCCc1cc(Cl)c(F)c(-c2cc3cn(-c4ccc([C@H]5CCC[C@H](CCNc6nc7ccccc7[nH]6)N5)cc4)c(=O)nc3[nH]2)c1. The molecule has 7 rings (SSSR count). The van der Waals surface area contributed by atoms with Crippen LogP contribution in [0.1, 0.15) is 69.5 Å². The number of hydrogen-bond acceptors (Lipinski definition) is 5. The summed E-state index contributed by atoms with van der Waals surface area (Å²) in [4.78, 5) is 28.5. The molecule has 0 aliphatic carbocycles. The number of para-hydroxylation sites is 2. The van der Waals surface area contributed by atoms with E-state index in [1.165, 1.54) is 10.1 Å². The van der Waals surface area contributed by atoms with Gasteiger partial charge in [0, 0.05) is 35.8 Å². The third-order valence-corrected chi connectivity index (χ3v) is 9.64. The molecule has 10 heteroatoms. The van der Waals surface area contributed by atoms with Gasteiger partial charge in [-0.2, -0.15) is 4.98 Å². The molecule has 1 aliphatic heterocycles. The lowest BCUT2D eigenvalue weighted by Crippen LogP contribution is -2.38. The van der Waals surface area contributed by atoms with Gasteiger partial charge in [-0.1, -0.05) is 62.6 Å². The number of aromatic amines is 2. The van der Waals surface area contributed by atoms with E-state index < -0.39 is 11.5 Å². The maximum Gasteiger partial charge on any atom is 0.354 e. The summed E-state index contributed by atoms with van der Waals surface area (Å²) in [6.45, 7) is 5.21. The van der Waals surface area contributed by atoms with Crippen LogP contribution in [0, 0.1) is 11.7 Å². The predicted octanol–water partition coefficient (Wildman–Crippen LogP) is 8.71. The molecule has 3 aromatic carbocycles. The first-order chi connectivity index (χ1) is 23.3. The normalized spacial score (nSPS) is 16.7. The Kier molecular flexibility index (Phi) is 9.32. The van der Waals surface area contributed by atoms with Gasteiger partial charge in [-0.25, -0.2) is 14.2 Å². The van der Waals surface area contributed by atoms with Crippen LogP contribution in [0.4, 0.5) is 10.3 Å². The summed E-state index contributed by atoms with van der Waals surface area (Å²) in [5.41, 5.74) is 5.83. The van der Waals surface area contributed by atoms with E-state index >= 15 is 4.39 Å². The van der Waals surface area contributed by atoms with Gasteiger partial charge in [0.25, 0.3) is 0 Å². The number of anilines is 1. The molecule has 0 radical (unpaired) electrons. The van der Waals surface area contributed by atoms with Crippen molar-refractivity contribution in [2.45, 2.75) is 70.9 Å². The zero-order valence-corrected chi connectivity index (χ0v) is 28.1. The molecule has 1 saturated heterocycles. The molecular weight excluding hydrogens is 625 g/mol. The summed E-state index contributed by atoms with van der Waals surface area (Å²) in [6, 6.07) is 22.2. The van der Waals surface area contributed by atoms with Gasteiger partial charge in [-0.15, -0.1) is 0 Å². The van der Waals surface area contributed by atoms with Crippen LogP contribution in [-0.2, 0) is 6.42 Å². The standard InChI is InChI=1S/C38H41ClFN7O/c1-23(2)7-5-8-24-19-29(35(40)30(39)20-24)34-21-26-22-47(38(48)46-36(26)43-34)28-15-13-25(14-16-28)31-12-6-9-27(42-31)17-18-41-37-44-32-10-3-4-11-33(32)45-37/h3-4,10-11,13-16,19-23,27,31,42H,5-9,12,17-18H2,1-2H3,(H2,41,44,45)(H,43,46,48)/t27-,31-/m1/s1. The second-order valence-electron chi connectivity index (χ2n) is 13.4. The maximum absolute atomic E-state index is 15.2. The summed E-state index contributed by atoms with van der Waals surface area (Å²) in [5, 5.41) is 8.07. The Labute approximate surface area is 284 Å². The Morgan fingerprint density at radius 3 is 2.69 bits per heavy atom. The zero-order valence-electron chi connectivity index (χ0n) is 27.3. The number of benzene rings is 3. The highest BCUT2D eigenvalue weighted by Gasteiger charge is 2.22. The van der Waals surface area contributed by atoms with Gasteiger partial charge in [-0.3, -0.25) is 4.57 Å². The van der Waals surface area contributed by atoms with Crippen molar-refractivity contribution in [2.24, 2.45) is 5.92 Å². The number of hydrogen-bond donors (Lipinski definition) is 4. The fraction of sp³-hybridized carbons (Fsp3) is 0.342. The average molecular weight is 666 g/mol. The molecule has 4 N–H and O–H groups in total. The minimum atomic E-state index is -0.484. The zero-order chi connectivity index (χ0) is 33.2. The molecular formula is C38H41ClFN7O. The molecule has 8 nitrogen and oxygen atoms in total. The largest absolute Gasteiger partial charge is 0.356 e. The summed E-state index contributed by atoms with van der Waals surface area (Å²) < 4.78 is 16.7. The summed E-state index contributed by atoms with van der Waals surface area (Å²) in [5.74, 6) is 0.924. The van der Waals surface area contributed by atoms with E-state index in [1.807, 2.05) is 48.5 Å². The fourth-order valence-corrected chi connectivity index (χ4v) is 7.05. The van der Waals surface area contributed by atoms with Crippen molar-refractivity contribution in [1.29, 1.82) is 0 Å². The van der Waals surface area contributed by atoms with Gasteiger partial charge in [0.2, 0.25) is 5.95 Å². The Bertz CT molecular complexity index is 2070. The van der Waals surface area contributed by atoms with Crippen molar-refractivity contribution in [3.05, 3.63) is 105 Å². The number of halogens is 2. The number of imidazole rings is 1. The fourth-order valence-electron chi connectivity index (χ4n) is 6.80. The number of nitrogens with one attached hydrogen (secondary N) is 4. The lowest BCUT2D eigenvalue weighted by molar-refractivity contribution is 0.316. The van der Waals surface area contributed by atoms with Gasteiger partial charge in [0.15, 0.2) is 5.82 Å². The highest BCUT2D eigenvalue weighted by Crippen LogP contribution is 2.32. The first-order valence-electron chi connectivity index (χ1n) is 17.0. The molecule has 0 bridgehead atoms. The number of fused-ring (bicyclic) bond motifs is 2. The van der Waals surface area contributed by atoms with E-state index in [9.17, 15) is 4.79 Å². The van der Waals surface area contributed by atoms with E-state index in [1.54, 1.807) is 12.3 Å². The van der Waals surface area contributed by atoms with E-state index in [-0.39, 0.29) is 11.1 Å². The number of aromatic nitrogens is 5. The topological polar surface area (TPSA) is 103 Å². The molecule has 6 aromatic rings. The van der Waals surface area contributed by atoms with Crippen LogP contribution < -0.4 is 16.3 Å². The van der Waals surface area contributed by atoms with Crippen molar-refractivity contribution in [1.82, 2.24) is 29.8 Å². The van der Waals surface area contributed by atoms with Crippen LogP contribution in [0.2, 0.25) is 5.02 Å². The Morgan fingerprint density at radius 2 is 1.88 bits per heavy atom. The van der Waals surface area contributed by atoms with Crippen molar-refractivity contribution in [2.75, 3.05) is 11.9 Å². The maximum atomic E-state index is 15.2. The first kappa shape index (κ1) is 32.1. The highest BCUT2D eigenvalue weighted by molar-refractivity contribution is 6.31. The van der Waals surface area contributed by atoms with Gasteiger partial charge >= 0.3 is 5.69 Å². The lowest BCUT2D eigenvalue weighted by atomic mass is 9.92. The van der Waals surface area contributed by atoms with Gasteiger partial charge in [-0.05, 0) is 91.6 Å². The molecule has 2 atom stereocenters. The third-order valence-electron chi connectivity index (χ3n) is 9.36. The van der Waals surface area contributed by atoms with Crippen LogP contribution in [0.3, 0.4) is 0 Å². The molecule has 4 heterocycles. The van der Waals surface area contributed by atoms with E-state index in [2.05, 4.69) is 56.5 Å². The van der Waals surface area contributed by atoms with Crippen molar-refractivity contribution < 1.29 is 4.39 Å². The van der Waals surface area contributed by atoms with Crippen LogP contribution >= 0.6 is 11.6 Å². The average Bonchev–Trinajstić information content (AvgIpc) is 3.69. The first-order valence-corrected chi connectivity index (χ1v) is 17.3. The molecule has 48 heavy (non-hydrogen) atoms. The van der Waals surface area contributed by atoms with Crippen LogP contribution in [0.25, 0.3) is 39.0 Å². The summed E-state index contributed by atoms with van der Waals surface area (Å²) >= 11 is 6.31. The van der Waals surface area contributed by atoms with Gasteiger partial charge < -0.3 is 20.6 Å². The molecule has 248 valence electrons. The Balaban J connectivity index is 1.03. The van der Waals surface area contributed by atoms with E-state index in [0.717, 1.165) is 79.7 Å². The minimum Gasteiger partial charge on any atom is -0.356 e. The number of piperidine rings is 1. The van der Waals surface area contributed by atoms with Crippen LogP contribution in [0.15, 0.2) is 77.7 Å². The number of nitrogens with zero attached hydrogens (tertiary/aromatic N) is 3. The van der Waals surface area contributed by atoms with Gasteiger partial charge in [0.05, 0.1) is 27.4 Å². The predicted molar refractivity (Wildman–Crippen MR) is 193 cm³/mol. The van der Waals surface area contributed by atoms with Crippen molar-refractivity contribution in [3.8, 4) is 16.9 Å². The second kappa shape index (κ2) is 13.9. The van der Waals surface area contributed by atoms with Crippen LogP contribution in [0.5, 0.6) is 0 Å². The second-order valence-corrected chi connectivity index (χ2v) is 13.8. The minimum absolute atomic E-state index is 0.0939. The van der Waals surface area contributed by atoms with E-state index in [4.69, 9.17) is 11.6 Å². The number of H-pyrrole nitrogens is 2.